The van der Waals surface area contributed by atoms with Gasteiger partial charge in [0.25, 0.3) is 11.8 Å². The number of ether oxygens (including phenoxy) is 3. The molecule has 2 aliphatic heterocycles. The molecule has 3 heterocycles. The minimum Gasteiger partial charge on any atom is -0.494 e. The van der Waals surface area contributed by atoms with Crippen molar-refractivity contribution in [1.82, 2.24) is 15.2 Å². The zero-order valence-corrected chi connectivity index (χ0v) is 34.9. The fourth-order valence-electron chi connectivity index (χ4n) is 7.46. The Morgan fingerprint density at radius 1 is 0.750 bits per heavy atom. The Morgan fingerprint density at radius 3 is 2.03 bits per heavy atom. The summed E-state index contributed by atoms with van der Waals surface area (Å²) in [5, 5.41) is 5.53. The summed E-state index contributed by atoms with van der Waals surface area (Å²) in [6.07, 6.45) is 8.72. The Balaban J connectivity index is 0.772. The van der Waals surface area contributed by atoms with E-state index in [1.54, 1.807) is 24.3 Å². The van der Waals surface area contributed by atoms with Crippen molar-refractivity contribution in [3.63, 3.8) is 0 Å². The maximum atomic E-state index is 13.0. The number of unbranched alkanes of at least 4 members (excludes halogenated alkanes) is 6. The van der Waals surface area contributed by atoms with Crippen LogP contribution < -0.4 is 20.1 Å². The molecule has 60 heavy (non-hydrogen) atoms. The number of hydrogen-bond donors (Lipinski definition) is 2. The molecule has 0 spiro atoms. The van der Waals surface area contributed by atoms with Gasteiger partial charge in [-0.2, -0.15) is 0 Å². The van der Waals surface area contributed by atoms with Crippen molar-refractivity contribution >= 4 is 35.1 Å². The molecule has 2 N–H and O–H groups in total. The average Bonchev–Trinajstić information content (AvgIpc) is 3.49. The molecule has 0 aliphatic carbocycles. The number of carbonyl (C=O) groups is 5. The fraction of sp³-hybridized carbons (Fsp3) is 0.417. The quantitative estimate of drug-likeness (QED) is 0.0426. The lowest BCUT2D eigenvalue weighted by Crippen LogP contribution is -2.54. The number of hydrogen-bond acceptors (Lipinski definition) is 10. The largest absolute Gasteiger partial charge is 0.494 e. The minimum absolute atomic E-state index is 0.0644. The number of pyridine rings is 1. The van der Waals surface area contributed by atoms with Crippen LogP contribution in [-0.4, -0.2) is 71.7 Å². The van der Waals surface area contributed by atoms with Crippen LogP contribution in [0.4, 0.5) is 5.69 Å². The van der Waals surface area contributed by atoms with Crippen molar-refractivity contribution in [3.05, 3.63) is 119 Å². The van der Waals surface area contributed by atoms with Gasteiger partial charge in [-0.05, 0) is 97.8 Å². The van der Waals surface area contributed by atoms with Crippen molar-refractivity contribution in [2.45, 2.75) is 103 Å². The van der Waals surface area contributed by atoms with Crippen LogP contribution in [0.15, 0.2) is 84.9 Å². The van der Waals surface area contributed by atoms with Gasteiger partial charge in [-0.1, -0.05) is 69.9 Å². The summed E-state index contributed by atoms with van der Waals surface area (Å²) in [5.41, 5.74) is 4.60. The molecule has 2 aliphatic rings. The second-order valence-electron chi connectivity index (χ2n) is 16.0. The van der Waals surface area contributed by atoms with E-state index in [2.05, 4.69) is 65.9 Å². The molecule has 6 rings (SSSR count). The van der Waals surface area contributed by atoms with Crippen LogP contribution in [0.1, 0.15) is 133 Å². The number of benzene rings is 3. The number of fused-ring (bicyclic) bond motifs is 1. The number of aromatic nitrogens is 1. The predicted molar refractivity (Wildman–Crippen MR) is 228 cm³/mol. The SMILES string of the molecule is CC(=O)c1cccc(COc2ccc(C(C)(C)c3ccc(OCCCCCCCCOCCCCNc4ccc5c(c4)C(=O)N(C4CCC(=O)NC4=O)C5=O)cc3)cc2)n1. The normalized spacial score (nSPS) is 15.2. The zero-order chi connectivity index (χ0) is 42.5. The monoisotopic (exact) mass is 816 g/mol. The van der Waals surface area contributed by atoms with Gasteiger partial charge in [0, 0.05) is 44.2 Å². The lowest BCUT2D eigenvalue weighted by Gasteiger charge is -2.27. The van der Waals surface area contributed by atoms with Crippen LogP contribution in [0.2, 0.25) is 0 Å². The molecule has 4 aromatic rings. The molecule has 1 fully saturated rings. The third kappa shape index (κ3) is 11.4. The van der Waals surface area contributed by atoms with Crippen LogP contribution in [0.25, 0.3) is 0 Å². The number of anilines is 1. The second-order valence-corrected chi connectivity index (χ2v) is 16.0. The summed E-state index contributed by atoms with van der Waals surface area (Å²) in [4.78, 5) is 66.7. The van der Waals surface area contributed by atoms with Gasteiger partial charge in [0.1, 0.15) is 29.8 Å². The van der Waals surface area contributed by atoms with Crippen molar-refractivity contribution in [3.8, 4) is 11.5 Å². The molecule has 0 saturated carbocycles. The van der Waals surface area contributed by atoms with Gasteiger partial charge in [0.05, 0.1) is 23.4 Å². The van der Waals surface area contributed by atoms with E-state index in [4.69, 9.17) is 14.2 Å². The number of carbonyl (C=O) groups excluding carboxylic acids is 5. The number of Topliss-reactive ketones (excluding diaryl/α,β-unsaturated/α-hetero) is 1. The number of rotatable bonds is 23. The van der Waals surface area contributed by atoms with Gasteiger partial charge >= 0.3 is 0 Å². The molecule has 1 saturated heterocycles. The van der Waals surface area contributed by atoms with Gasteiger partial charge in [0.15, 0.2) is 5.78 Å². The fourth-order valence-corrected chi connectivity index (χ4v) is 7.46. The number of nitrogens with one attached hydrogen (secondary N) is 2. The number of nitrogens with zero attached hydrogens (tertiary/aromatic N) is 2. The Labute approximate surface area is 352 Å². The predicted octanol–water partition coefficient (Wildman–Crippen LogP) is 8.22. The highest BCUT2D eigenvalue weighted by molar-refractivity contribution is 6.23. The van der Waals surface area contributed by atoms with Gasteiger partial charge in [0.2, 0.25) is 11.8 Å². The highest BCUT2D eigenvalue weighted by atomic mass is 16.5. The van der Waals surface area contributed by atoms with Gasteiger partial charge < -0.3 is 19.5 Å². The molecular weight excluding hydrogens is 761 g/mol. The van der Waals surface area contributed by atoms with Crippen LogP contribution in [0.5, 0.6) is 11.5 Å². The van der Waals surface area contributed by atoms with Crippen molar-refractivity contribution in [1.29, 1.82) is 0 Å². The Morgan fingerprint density at radius 2 is 1.37 bits per heavy atom. The molecule has 1 atom stereocenters. The first kappa shape index (κ1) is 43.7. The second kappa shape index (κ2) is 20.9. The van der Waals surface area contributed by atoms with E-state index in [1.807, 2.05) is 24.3 Å². The summed E-state index contributed by atoms with van der Waals surface area (Å²) in [7, 11) is 0. The zero-order valence-electron chi connectivity index (χ0n) is 34.9. The standard InChI is InChI=1S/C48H56N4O8/c1-33(53)42-14-12-13-37(50-42)32-60-39-22-17-35(18-23-39)48(2,3)34-15-20-38(21-16-34)59-30-10-7-5-4-6-9-28-58-29-11-8-27-49-36-19-24-40-41(31-36)47(57)52(46(40)56)43-25-26-44(54)51-45(43)55/h12-24,31,43,49H,4-11,25-30,32H2,1-3H3,(H,51,54,55). The van der Waals surface area contributed by atoms with E-state index >= 15 is 0 Å². The summed E-state index contributed by atoms with van der Waals surface area (Å²) < 4.78 is 17.8. The maximum Gasteiger partial charge on any atom is 0.262 e. The molecule has 0 bridgehead atoms. The molecule has 1 aromatic heterocycles. The summed E-state index contributed by atoms with van der Waals surface area (Å²) in [6.45, 7) is 9.06. The van der Waals surface area contributed by atoms with Gasteiger partial charge in [-0.3, -0.25) is 34.2 Å². The summed E-state index contributed by atoms with van der Waals surface area (Å²) >= 11 is 0. The topological polar surface area (TPSA) is 153 Å². The lowest BCUT2D eigenvalue weighted by atomic mass is 9.78. The van der Waals surface area contributed by atoms with E-state index in [9.17, 15) is 24.0 Å². The van der Waals surface area contributed by atoms with Crippen LogP contribution >= 0.6 is 0 Å². The number of amides is 4. The van der Waals surface area contributed by atoms with Crippen molar-refractivity contribution in [2.24, 2.45) is 0 Å². The van der Waals surface area contributed by atoms with Crippen LogP contribution in [0.3, 0.4) is 0 Å². The van der Waals surface area contributed by atoms with E-state index in [0.29, 0.717) is 37.8 Å². The first-order valence-corrected chi connectivity index (χ1v) is 21.1. The Kier molecular flexibility index (Phi) is 15.2. The van der Waals surface area contributed by atoms with E-state index < -0.39 is 29.7 Å². The van der Waals surface area contributed by atoms with Crippen LogP contribution in [-0.2, 0) is 26.3 Å². The van der Waals surface area contributed by atoms with Gasteiger partial charge in [-0.25, -0.2) is 4.98 Å². The van der Waals surface area contributed by atoms with Crippen molar-refractivity contribution < 1.29 is 38.2 Å². The third-order valence-electron chi connectivity index (χ3n) is 11.1. The highest BCUT2D eigenvalue weighted by Gasteiger charge is 2.44. The maximum absolute atomic E-state index is 13.0. The summed E-state index contributed by atoms with van der Waals surface area (Å²) in [5.74, 6) is -0.454. The molecule has 4 amide bonds. The number of imide groups is 2. The Hall–Kier alpha value is -5.88. The molecule has 1 unspecified atom stereocenters. The molecule has 3 aromatic carbocycles. The summed E-state index contributed by atoms with van der Waals surface area (Å²) in [6, 6.07) is 26.0. The van der Waals surface area contributed by atoms with E-state index in [-0.39, 0.29) is 35.2 Å². The smallest absolute Gasteiger partial charge is 0.262 e. The highest BCUT2D eigenvalue weighted by Crippen LogP contribution is 2.34. The number of piperidine rings is 1. The van der Waals surface area contributed by atoms with Crippen molar-refractivity contribution in [2.75, 3.05) is 31.7 Å². The first-order valence-electron chi connectivity index (χ1n) is 21.1. The molecular formula is C48H56N4O8. The molecule has 316 valence electrons. The molecule has 12 nitrogen and oxygen atoms in total. The van der Waals surface area contributed by atoms with Crippen LogP contribution in [0, 0.1) is 0 Å². The average molecular weight is 817 g/mol. The molecule has 0 radical (unpaired) electrons. The minimum atomic E-state index is -0.968. The first-order chi connectivity index (χ1) is 29.0. The third-order valence-corrected chi connectivity index (χ3v) is 11.1. The lowest BCUT2D eigenvalue weighted by molar-refractivity contribution is -0.136. The molecule has 12 heteroatoms. The number of ketones is 1. The van der Waals surface area contributed by atoms with E-state index in [1.165, 1.54) is 30.9 Å². The van der Waals surface area contributed by atoms with E-state index in [0.717, 1.165) is 67.2 Å². The Bertz CT molecular complexity index is 2130. The van der Waals surface area contributed by atoms with Gasteiger partial charge in [-0.15, -0.1) is 0 Å².